The molecule has 0 aliphatic heterocycles. The van der Waals surface area contributed by atoms with Crippen molar-refractivity contribution < 1.29 is 9.21 Å². The van der Waals surface area contributed by atoms with E-state index in [9.17, 15) is 9.59 Å². The number of amides is 1. The average molecular weight is 389 g/mol. The van der Waals surface area contributed by atoms with Crippen molar-refractivity contribution in [2.24, 2.45) is 5.92 Å². The molecule has 4 rings (SSSR count). The lowest BCUT2D eigenvalue weighted by Gasteiger charge is -2.15. The number of hydrogen-bond donors (Lipinski definition) is 1. The van der Waals surface area contributed by atoms with Crippen LogP contribution in [0.3, 0.4) is 0 Å². The van der Waals surface area contributed by atoms with E-state index in [4.69, 9.17) is 4.42 Å². The Labute approximate surface area is 168 Å². The van der Waals surface area contributed by atoms with E-state index in [1.165, 1.54) is 4.68 Å². The Balaban J connectivity index is 1.70. The fraction of sp³-hybridized carbons (Fsp3) is 0.261. The highest BCUT2D eigenvalue weighted by Crippen LogP contribution is 2.24. The molecule has 2 aromatic carbocycles. The number of furan rings is 1. The molecule has 0 aliphatic carbocycles. The molecular weight excluding hydrogens is 366 g/mol. The Morgan fingerprint density at radius 2 is 1.76 bits per heavy atom. The second-order valence-corrected chi connectivity index (χ2v) is 7.66. The molecule has 6 nitrogen and oxygen atoms in total. The number of nitrogens with zero attached hydrogens (tertiary/aromatic N) is 2. The van der Waals surface area contributed by atoms with Crippen molar-refractivity contribution in [3.8, 4) is 0 Å². The van der Waals surface area contributed by atoms with Crippen molar-refractivity contribution in [3.63, 3.8) is 0 Å². The molecule has 0 spiro atoms. The molecule has 0 saturated carbocycles. The van der Waals surface area contributed by atoms with Gasteiger partial charge in [-0.1, -0.05) is 50.2 Å². The number of para-hydroxylation sites is 1. The van der Waals surface area contributed by atoms with E-state index in [1.54, 1.807) is 24.3 Å². The third-order valence-electron chi connectivity index (χ3n) is 4.84. The number of aromatic nitrogens is 2. The van der Waals surface area contributed by atoms with Gasteiger partial charge in [0.2, 0.25) is 0 Å². The summed E-state index contributed by atoms with van der Waals surface area (Å²) in [6, 6.07) is 16.4. The third-order valence-corrected chi connectivity index (χ3v) is 4.84. The lowest BCUT2D eigenvalue weighted by Crippen LogP contribution is -2.32. The molecule has 0 bridgehead atoms. The van der Waals surface area contributed by atoms with Crippen molar-refractivity contribution in [2.75, 3.05) is 0 Å². The summed E-state index contributed by atoms with van der Waals surface area (Å²) in [5, 5.41) is 9.37. The average Bonchev–Trinajstić information content (AvgIpc) is 3.14. The summed E-state index contributed by atoms with van der Waals surface area (Å²) in [6.07, 6.45) is 0. The van der Waals surface area contributed by atoms with Crippen molar-refractivity contribution >= 4 is 27.6 Å². The van der Waals surface area contributed by atoms with Crippen molar-refractivity contribution in [3.05, 3.63) is 76.4 Å². The Morgan fingerprint density at radius 3 is 2.48 bits per heavy atom. The summed E-state index contributed by atoms with van der Waals surface area (Å²) in [5.74, 6) is 0.553. The minimum atomic E-state index is -0.346. The SMILES string of the molecule is CC(C)Cn1nc(C(=O)N[C@@H](C)c2cc3ccccc3o2)c2ccccc2c1=O. The van der Waals surface area contributed by atoms with Gasteiger partial charge in [-0.15, -0.1) is 0 Å². The topological polar surface area (TPSA) is 77.1 Å². The van der Waals surface area contributed by atoms with E-state index in [2.05, 4.69) is 10.4 Å². The summed E-state index contributed by atoms with van der Waals surface area (Å²) < 4.78 is 7.24. The fourth-order valence-corrected chi connectivity index (χ4v) is 3.42. The fourth-order valence-electron chi connectivity index (χ4n) is 3.42. The van der Waals surface area contributed by atoms with Gasteiger partial charge in [-0.2, -0.15) is 5.10 Å². The molecule has 0 saturated heterocycles. The van der Waals surface area contributed by atoms with Crippen LogP contribution in [0.15, 0.2) is 63.8 Å². The van der Waals surface area contributed by atoms with Gasteiger partial charge >= 0.3 is 0 Å². The lowest BCUT2D eigenvalue weighted by molar-refractivity contribution is 0.0930. The summed E-state index contributed by atoms with van der Waals surface area (Å²) >= 11 is 0. The van der Waals surface area contributed by atoms with Gasteiger partial charge in [0.15, 0.2) is 5.69 Å². The Hall–Kier alpha value is -3.41. The summed E-state index contributed by atoms with van der Waals surface area (Å²) in [5.41, 5.74) is 0.831. The van der Waals surface area contributed by atoms with E-state index in [0.717, 1.165) is 11.0 Å². The predicted molar refractivity (Wildman–Crippen MR) is 113 cm³/mol. The number of carbonyl (C=O) groups excluding carboxylic acids is 1. The molecule has 0 aliphatic rings. The maximum absolute atomic E-state index is 13.1. The molecule has 0 fully saturated rings. The van der Waals surface area contributed by atoms with E-state index < -0.39 is 0 Å². The van der Waals surface area contributed by atoms with Crippen LogP contribution in [0.4, 0.5) is 0 Å². The lowest BCUT2D eigenvalue weighted by atomic mass is 10.1. The highest BCUT2D eigenvalue weighted by atomic mass is 16.3. The maximum atomic E-state index is 13.1. The zero-order valence-electron chi connectivity index (χ0n) is 16.7. The smallest absolute Gasteiger partial charge is 0.274 e. The number of fused-ring (bicyclic) bond motifs is 2. The normalized spacial score (nSPS) is 12.6. The van der Waals surface area contributed by atoms with Gasteiger partial charge in [0.25, 0.3) is 11.5 Å². The van der Waals surface area contributed by atoms with Crippen LogP contribution >= 0.6 is 0 Å². The van der Waals surface area contributed by atoms with Gasteiger partial charge in [-0.05, 0) is 31.0 Å². The van der Waals surface area contributed by atoms with Gasteiger partial charge in [-0.25, -0.2) is 4.68 Å². The first-order valence-electron chi connectivity index (χ1n) is 9.73. The van der Waals surface area contributed by atoms with E-state index in [0.29, 0.717) is 23.1 Å². The van der Waals surface area contributed by atoms with Crippen LogP contribution in [0.2, 0.25) is 0 Å². The minimum Gasteiger partial charge on any atom is -0.459 e. The van der Waals surface area contributed by atoms with Crippen molar-refractivity contribution in [2.45, 2.75) is 33.4 Å². The van der Waals surface area contributed by atoms with Crippen LogP contribution in [-0.2, 0) is 6.54 Å². The monoisotopic (exact) mass is 389 g/mol. The van der Waals surface area contributed by atoms with E-state index in [-0.39, 0.29) is 29.1 Å². The summed E-state index contributed by atoms with van der Waals surface area (Å²) in [7, 11) is 0. The van der Waals surface area contributed by atoms with Gasteiger partial charge < -0.3 is 9.73 Å². The third kappa shape index (κ3) is 3.66. The number of carbonyl (C=O) groups is 1. The van der Waals surface area contributed by atoms with Crippen LogP contribution in [0.5, 0.6) is 0 Å². The summed E-state index contributed by atoms with van der Waals surface area (Å²) in [4.78, 5) is 25.8. The first-order chi connectivity index (χ1) is 13.9. The minimum absolute atomic E-state index is 0.184. The molecule has 0 radical (unpaired) electrons. The van der Waals surface area contributed by atoms with Crippen molar-refractivity contribution in [1.29, 1.82) is 0 Å². The van der Waals surface area contributed by atoms with Gasteiger partial charge in [0, 0.05) is 17.3 Å². The van der Waals surface area contributed by atoms with Gasteiger partial charge in [0.1, 0.15) is 11.3 Å². The quantitative estimate of drug-likeness (QED) is 0.552. The zero-order chi connectivity index (χ0) is 20.5. The molecule has 29 heavy (non-hydrogen) atoms. The molecule has 6 heteroatoms. The molecular formula is C23H23N3O3. The number of benzene rings is 2. The van der Waals surface area contributed by atoms with Crippen LogP contribution in [-0.4, -0.2) is 15.7 Å². The Bertz CT molecular complexity index is 1220. The molecule has 1 N–H and O–H groups in total. The van der Waals surface area contributed by atoms with Crippen LogP contribution < -0.4 is 10.9 Å². The van der Waals surface area contributed by atoms with E-state index >= 15 is 0 Å². The Kier molecular flexibility index (Phi) is 4.92. The predicted octanol–water partition coefficient (Wildman–Crippen LogP) is 4.29. The van der Waals surface area contributed by atoms with Gasteiger partial charge in [0.05, 0.1) is 11.4 Å². The second-order valence-electron chi connectivity index (χ2n) is 7.66. The first kappa shape index (κ1) is 18.9. The van der Waals surface area contributed by atoms with E-state index in [1.807, 2.05) is 51.1 Å². The van der Waals surface area contributed by atoms with Gasteiger partial charge in [-0.3, -0.25) is 9.59 Å². The van der Waals surface area contributed by atoms with Crippen LogP contribution in [0.1, 0.15) is 43.1 Å². The standard InChI is InChI=1S/C23H23N3O3/c1-14(2)13-26-23(28)18-10-6-5-9-17(18)21(25-26)22(27)24-15(3)20-12-16-8-4-7-11-19(16)29-20/h4-12,14-15H,13H2,1-3H3,(H,24,27)/t15-/m0/s1. The Morgan fingerprint density at radius 1 is 1.07 bits per heavy atom. The highest BCUT2D eigenvalue weighted by molar-refractivity contribution is 6.04. The maximum Gasteiger partial charge on any atom is 0.274 e. The highest BCUT2D eigenvalue weighted by Gasteiger charge is 2.20. The number of nitrogens with one attached hydrogen (secondary N) is 1. The molecule has 1 amide bonds. The first-order valence-corrected chi connectivity index (χ1v) is 9.73. The largest absolute Gasteiger partial charge is 0.459 e. The zero-order valence-corrected chi connectivity index (χ0v) is 16.7. The molecule has 0 unspecified atom stereocenters. The van der Waals surface area contributed by atoms with Crippen molar-refractivity contribution in [1.82, 2.24) is 15.1 Å². The molecule has 2 heterocycles. The number of rotatable bonds is 5. The second kappa shape index (κ2) is 7.54. The molecule has 148 valence electrons. The molecule has 2 aromatic heterocycles. The molecule has 1 atom stereocenters. The number of hydrogen-bond acceptors (Lipinski definition) is 4. The molecule has 4 aromatic rings. The summed E-state index contributed by atoms with van der Waals surface area (Å²) in [6.45, 7) is 6.32. The van der Waals surface area contributed by atoms with Crippen LogP contribution in [0.25, 0.3) is 21.7 Å². The van der Waals surface area contributed by atoms with Crippen LogP contribution in [0, 0.1) is 5.92 Å².